The Balaban J connectivity index is 1.75. The highest BCUT2D eigenvalue weighted by Gasteiger charge is 2.16. The summed E-state index contributed by atoms with van der Waals surface area (Å²) in [6, 6.07) is 3.74. The maximum absolute atomic E-state index is 13.1. The number of carbonyl (C=O) groups is 2. The fourth-order valence-corrected chi connectivity index (χ4v) is 2.97. The lowest BCUT2D eigenvalue weighted by Gasteiger charge is -2.21. The third-order valence-electron chi connectivity index (χ3n) is 3.80. The molecule has 2 rings (SSSR count). The minimum Gasteiger partial charge on any atom is -0.452 e. The van der Waals surface area contributed by atoms with E-state index in [1.807, 2.05) is 0 Å². The summed E-state index contributed by atoms with van der Waals surface area (Å²) in [6.07, 6.45) is 5.96. The summed E-state index contributed by atoms with van der Waals surface area (Å²) in [5, 5.41) is 2.78. The van der Waals surface area contributed by atoms with Gasteiger partial charge in [0.2, 0.25) is 0 Å². The Bertz CT molecular complexity index is 544. The zero-order valence-corrected chi connectivity index (χ0v) is 13.8. The van der Waals surface area contributed by atoms with Crippen molar-refractivity contribution in [2.45, 2.75) is 32.1 Å². The molecule has 0 bridgehead atoms. The van der Waals surface area contributed by atoms with Crippen molar-refractivity contribution in [3.8, 4) is 0 Å². The number of esters is 1. The van der Waals surface area contributed by atoms with Gasteiger partial charge in [-0.25, -0.2) is 9.18 Å². The predicted molar refractivity (Wildman–Crippen MR) is 84.0 cm³/mol. The molecule has 0 unspecified atom stereocenters. The van der Waals surface area contributed by atoms with Gasteiger partial charge in [0.25, 0.3) is 5.91 Å². The maximum Gasteiger partial charge on any atom is 0.339 e. The van der Waals surface area contributed by atoms with Crippen molar-refractivity contribution in [2.24, 2.45) is 5.92 Å². The van der Waals surface area contributed by atoms with E-state index in [0.29, 0.717) is 16.9 Å². The third-order valence-corrected chi connectivity index (χ3v) is 4.49. The smallest absolute Gasteiger partial charge is 0.339 e. The van der Waals surface area contributed by atoms with Crippen molar-refractivity contribution in [3.05, 3.63) is 34.1 Å². The lowest BCUT2D eigenvalue weighted by atomic mass is 9.89. The summed E-state index contributed by atoms with van der Waals surface area (Å²) in [5.41, 5.74) is 0.0695. The predicted octanol–water partition coefficient (Wildman–Crippen LogP) is 3.44. The van der Waals surface area contributed by atoms with Crippen LogP contribution in [0.25, 0.3) is 0 Å². The summed E-state index contributed by atoms with van der Waals surface area (Å²) in [5.74, 6) is -1.06. The minimum absolute atomic E-state index is 0.0695. The molecule has 1 amide bonds. The number of carbonyl (C=O) groups excluding carboxylic acids is 2. The van der Waals surface area contributed by atoms with Crippen LogP contribution in [-0.2, 0) is 9.53 Å². The highest BCUT2D eigenvalue weighted by Crippen LogP contribution is 2.22. The molecule has 1 saturated carbocycles. The SMILES string of the molecule is O=C(COC(=O)c1cc(F)ccc1Br)NCC1CCCCC1. The molecule has 0 heterocycles. The largest absolute Gasteiger partial charge is 0.452 e. The fourth-order valence-electron chi connectivity index (χ4n) is 2.56. The second-order valence-electron chi connectivity index (χ2n) is 5.51. The van der Waals surface area contributed by atoms with E-state index >= 15 is 0 Å². The van der Waals surface area contributed by atoms with Crippen LogP contribution in [0.2, 0.25) is 0 Å². The van der Waals surface area contributed by atoms with Crippen LogP contribution in [0.3, 0.4) is 0 Å². The summed E-state index contributed by atoms with van der Waals surface area (Å²) in [4.78, 5) is 23.5. The molecule has 1 aromatic carbocycles. The Kier molecular flexibility index (Phi) is 6.36. The summed E-state index contributed by atoms with van der Waals surface area (Å²) < 4.78 is 18.5. The second kappa shape index (κ2) is 8.27. The van der Waals surface area contributed by atoms with Crippen LogP contribution in [0.5, 0.6) is 0 Å². The van der Waals surface area contributed by atoms with Crippen LogP contribution < -0.4 is 5.32 Å². The molecule has 1 aromatic rings. The molecule has 0 radical (unpaired) electrons. The van der Waals surface area contributed by atoms with Gasteiger partial charge < -0.3 is 10.1 Å². The van der Waals surface area contributed by atoms with Gasteiger partial charge in [0, 0.05) is 11.0 Å². The van der Waals surface area contributed by atoms with Gasteiger partial charge in [-0.3, -0.25) is 4.79 Å². The van der Waals surface area contributed by atoms with E-state index in [-0.39, 0.29) is 18.1 Å². The minimum atomic E-state index is -0.723. The zero-order chi connectivity index (χ0) is 15.9. The zero-order valence-electron chi connectivity index (χ0n) is 12.2. The third kappa shape index (κ3) is 5.09. The van der Waals surface area contributed by atoms with Crippen LogP contribution >= 0.6 is 15.9 Å². The fraction of sp³-hybridized carbons (Fsp3) is 0.500. The highest BCUT2D eigenvalue weighted by molar-refractivity contribution is 9.10. The van der Waals surface area contributed by atoms with Crippen molar-refractivity contribution in [1.29, 1.82) is 0 Å². The van der Waals surface area contributed by atoms with E-state index in [0.717, 1.165) is 18.9 Å². The van der Waals surface area contributed by atoms with Gasteiger partial charge >= 0.3 is 5.97 Å². The van der Waals surface area contributed by atoms with Crippen LogP contribution in [0.15, 0.2) is 22.7 Å². The second-order valence-corrected chi connectivity index (χ2v) is 6.36. The molecule has 0 aliphatic heterocycles. The molecular formula is C16H19BrFNO3. The molecule has 0 spiro atoms. The lowest BCUT2D eigenvalue weighted by molar-refractivity contribution is -0.124. The Hall–Kier alpha value is -1.43. The van der Waals surface area contributed by atoms with Crippen molar-refractivity contribution in [3.63, 3.8) is 0 Å². The standard InChI is InChI=1S/C16H19BrFNO3/c17-14-7-6-12(18)8-13(14)16(21)22-10-15(20)19-9-11-4-2-1-3-5-11/h6-8,11H,1-5,9-10H2,(H,19,20). The van der Waals surface area contributed by atoms with Gasteiger partial charge in [-0.15, -0.1) is 0 Å². The normalized spacial score (nSPS) is 15.4. The van der Waals surface area contributed by atoms with Gasteiger partial charge in [0.1, 0.15) is 5.82 Å². The van der Waals surface area contributed by atoms with E-state index in [4.69, 9.17) is 4.74 Å². The van der Waals surface area contributed by atoms with Crippen molar-refractivity contribution in [2.75, 3.05) is 13.2 Å². The number of benzene rings is 1. The topological polar surface area (TPSA) is 55.4 Å². The van der Waals surface area contributed by atoms with E-state index in [2.05, 4.69) is 21.2 Å². The van der Waals surface area contributed by atoms with Crippen LogP contribution in [0.4, 0.5) is 4.39 Å². The molecule has 1 aliphatic carbocycles. The number of amides is 1. The Morgan fingerprint density at radius 2 is 2.00 bits per heavy atom. The monoisotopic (exact) mass is 371 g/mol. The molecule has 6 heteroatoms. The lowest BCUT2D eigenvalue weighted by Crippen LogP contribution is -2.33. The molecular weight excluding hydrogens is 353 g/mol. The number of hydrogen-bond donors (Lipinski definition) is 1. The van der Waals surface area contributed by atoms with Crippen LogP contribution in [0.1, 0.15) is 42.5 Å². The molecule has 1 fully saturated rings. The Morgan fingerprint density at radius 1 is 1.27 bits per heavy atom. The highest BCUT2D eigenvalue weighted by atomic mass is 79.9. The van der Waals surface area contributed by atoms with Gasteiger partial charge in [0.15, 0.2) is 6.61 Å². The molecule has 0 atom stereocenters. The van der Waals surface area contributed by atoms with Gasteiger partial charge in [-0.2, -0.15) is 0 Å². The summed E-state index contributed by atoms with van der Waals surface area (Å²) in [7, 11) is 0. The molecule has 22 heavy (non-hydrogen) atoms. The van der Waals surface area contributed by atoms with Gasteiger partial charge in [0.05, 0.1) is 5.56 Å². The Labute approximate surface area is 137 Å². The quantitative estimate of drug-likeness (QED) is 0.806. The maximum atomic E-state index is 13.1. The first kappa shape index (κ1) is 16.9. The molecule has 0 saturated heterocycles. The average molecular weight is 372 g/mol. The van der Waals surface area contributed by atoms with Crippen LogP contribution in [0, 0.1) is 11.7 Å². The number of rotatable bonds is 5. The Morgan fingerprint density at radius 3 is 2.73 bits per heavy atom. The van der Waals surface area contributed by atoms with Crippen molar-refractivity contribution in [1.82, 2.24) is 5.32 Å². The number of halogens is 2. The van der Waals surface area contributed by atoms with Gasteiger partial charge in [-0.1, -0.05) is 19.3 Å². The molecule has 1 aliphatic rings. The number of ether oxygens (including phenoxy) is 1. The van der Waals surface area contributed by atoms with E-state index in [1.54, 1.807) is 0 Å². The van der Waals surface area contributed by atoms with Crippen LogP contribution in [-0.4, -0.2) is 25.0 Å². The van der Waals surface area contributed by atoms with Gasteiger partial charge in [-0.05, 0) is 52.9 Å². The summed E-state index contributed by atoms with van der Waals surface area (Å²) in [6.45, 7) is 0.272. The molecule has 1 N–H and O–H groups in total. The van der Waals surface area contributed by atoms with Crippen molar-refractivity contribution >= 4 is 27.8 Å². The van der Waals surface area contributed by atoms with E-state index < -0.39 is 11.8 Å². The molecule has 120 valence electrons. The molecule has 0 aromatic heterocycles. The number of hydrogen-bond acceptors (Lipinski definition) is 3. The van der Waals surface area contributed by atoms with E-state index in [9.17, 15) is 14.0 Å². The first-order valence-electron chi connectivity index (χ1n) is 7.45. The van der Waals surface area contributed by atoms with Crippen molar-refractivity contribution < 1.29 is 18.7 Å². The number of nitrogens with one attached hydrogen (secondary N) is 1. The summed E-state index contributed by atoms with van der Waals surface area (Å²) >= 11 is 3.15. The first-order valence-corrected chi connectivity index (χ1v) is 8.24. The average Bonchev–Trinajstić information content (AvgIpc) is 2.54. The van der Waals surface area contributed by atoms with E-state index in [1.165, 1.54) is 31.4 Å². The molecule has 4 nitrogen and oxygen atoms in total. The first-order chi connectivity index (χ1) is 10.6.